The third-order valence-corrected chi connectivity index (χ3v) is 4.04. The summed E-state index contributed by atoms with van der Waals surface area (Å²) in [4.78, 5) is 24.3. The van der Waals surface area contributed by atoms with E-state index < -0.39 is 5.97 Å². The SMILES string of the molecule is CCOC(=O)COc1ccc2c(=O)c(-c3ccc(C)cc3)c(C)oc2c1. The van der Waals surface area contributed by atoms with Gasteiger partial charge in [-0.15, -0.1) is 0 Å². The van der Waals surface area contributed by atoms with Crippen molar-refractivity contribution in [1.82, 2.24) is 0 Å². The van der Waals surface area contributed by atoms with E-state index in [1.165, 1.54) is 0 Å². The minimum atomic E-state index is -0.444. The van der Waals surface area contributed by atoms with Crippen LogP contribution in [0.4, 0.5) is 0 Å². The summed E-state index contributed by atoms with van der Waals surface area (Å²) in [7, 11) is 0. The molecule has 1 aromatic heterocycles. The largest absolute Gasteiger partial charge is 0.482 e. The third-order valence-electron chi connectivity index (χ3n) is 4.04. The van der Waals surface area contributed by atoms with Crippen LogP contribution in [0.15, 0.2) is 51.7 Å². The predicted molar refractivity (Wildman–Crippen MR) is 99.5 cm³/mol. The first-order valence-corrected chi connectivity index (χ1v) is 8.42. The lowest BCUT2D eigenvalue weighted by molar-refractivity contribution is -0.145. The van der Waals surface area contributed by atoms with Crippen LogP contribution in [0.25, 0.3) is 22.1 Å². The van der Waals surface area contributed by atoms with Crippen LogP contribution in [-0.2, 0) is 9.53 Å². The van der Waals surface area contributed by atoms with Crippen molar-refractivity contribution in [3.8, 4) is 16.9 Å². The summed E-state index contributed by atoms with van der Waals surface area (Å²) in [5.74, 6) is 0.532. The van der Waals surface area contributed by atoms with Crippen LogP contribution >= 0.6 is 0 Å². The van der Waals surface area contributed by atoms with Crippen LogP contribution in [0.3, 0.4) is 0 Å². The Bertz CT molecular complexity index is 999. The molecule has 0 aliphatic heterocycles. The van der Waals surface area contributed by atoms with E-state index in [4.69, 9.17) is 13.9 Å². The smallest absolute Gasteiger partial charge is 0.344 e. The topological polar surface area (TPSA) is 65.7 Å². The number of hydrogen-bond donors (Lipinski definition) is 0. The van der Waals surface area contributed by atoms with Crippen molar-refractivity contribution in [2.45, 2.75) is 20.8 Å². The molecule has 0 saturated carbocycles. The van der Waals surface area contributed by atoms with Crippen molar-refractivity contribution in [2.75, 3.05) is 13.2 Å². The van der Waals surface area contributed by atoms with Gasteiger partial charge in [0.05, 0.1) is 17.6 Å². The maximum absolute atomic E-state index is 12.9. The van der Waals surface area contributed by atoms with Gasteiger partial charge in [0, 0.05) is 6.07 Å². The molecular formula is C21H20O5. The van der Waals surface area contributed by atoms with Gasteiger partial charge < -0.3 is 13.9 Å². The first kappa shape index (κ1) is 17.7. The molecule has 3 rings (SSSR count). The molecule has 1 heterocycles. The summed E-state index contributed by atoms with van der Waals surface area (Å²) < 4.78 is 16.1. The minimum absolute atomic E-state index is 0.0930. The number of carbonyl (C=O) groups excluding carboxylic acids is 1. The van der Waals surface area contributed by atoms with Crippen LogP contribution in [0, 0.1) is 13.8 Å². The Kier molecular flexibility index (Phi) is 5.07. The van der Waals surface area contributed by atoms with Crippen LogP contribution in [0.1, 0.15) is 18.2 Å². The van der Waals surface area contributed by atoms with Gasteiger partial charge in [-0.25, -0.2) is 4.79 Å². The van der Waals surface area contributed by atoms with Gasteiger partial charge in [0.1, 0.15) is 17.1 Å². The molecule has 0 aliphatic carbocycles. The molecule has 26 heavy (non-hydrogen) atoms. The van der Waals surface area contributed by atoms with Crippen LogP contribution < -0.4 is 10.2 Å². The number of hydrogen-bond acceptors (Lipinski definition) is 5. The van der Waals surface area contributed by atoms with Gasteiger partial charge in [0.15, 0.2) is 6.61 Å². The molecule has 0 spiro atoms. The highest BCUT2D eigenvalue weighted by molar-refractivity contribution is 5.84. The molecule has 0 aliphatic rings. The number of carbonyl (C=O) groups is 1. The lowest BCUT2D eigenvalue weighted by Crippen LogP contribution is -2.14. The van der Waals surface area contributed by atoms with Crippen molar-refractivity contribution in [1.29, 1.82) is 0 Å². The van der Waals surface area contributed by atoms with Gasteiger partial charge in [-0.1, -0.05) is 29.8 Å². The van der Waals surface area contributed by atoms with Crippen molar-refractivity contribution >= 4 is 16.9 Å². The molecule has 0 atom stereocenters. The fraction of sp³-hybridized carbons (Fsp3) is 0.238. The van der Waals surface area contributed by atoms with E-state index in [1.807, 2.05) is 31.2 Å². The predicted octanol–water partition coefficient (Wildman–Crippen LogP) is 4.02. The number of rotatable bonds is 5. The maximum atomic E-state index is 12.9. The maximum Gasteiger partial charge on any atom is 0.344 e. The quantitative estimate of drug-likeness (QED) is 0.649. The third kappa shape index (κ3) is 3.61. The first-order valence-electron chi connectivity index (χ1n) is 8.42. The van der Waals surface area contributed by atoms with E-state index in [2.05, 4.69) is 0 Å². The zero-order chi connectivity index (χ0) is 18.7. The minimum Gasteiger partial charge on any atom is -0.482 e. The monoisotopic (exact) mass is 352 g/mol. The number of benzene rings is 2. The van der Waals surface area contributed by atoms with Crippen LogP contribution in [-0.4, -0.2) is 19.2 Å². The molecule has 134 valence electrons. The molecule has 0 saturated heterocycles. The van der Waals surface area contributed by atoms with Gasteiger partial charge in [-0.2, -0.15) is 0 Å². The summed E-state index contributed by atoms with van der Waals surface area (Å²) in [5, 5.41) is 0.467. The van der Waals surface area contributed by atoms with E-state index >= 15 is 0 Å². The molecule has 0 N–H and O–H groups in total. The van der Waals surface area contributed by atoms with E-state index in [1.54, 1.807) is 32.0 Å². The van der Waals surface area contributed by atoms with E-state index in [-0.39, 0.29) is 12.0 Å². The summed E-state index contributed by atoms with van der Waals surface area (Å²) in [6.07, 6.45) is 0. The Morgan fingerprint density at radius 1 is 1.08 bits per heavy atom. The second kappa shape index (κ2) is 7.44. The van der Waals surface area contributed by atoms with Gasteiger partial charge in [-0.3, -0.25) is 4.79 Å². The van der Waals surface area contributed by atoms with Gasteiger partial charge in [0.2, 0.25) is 5.43 Å². The highest BCUT2D eigenvalue weighted by atomic mass is 16.6. The average Bonchev–Trinajstić information content (AvgIpc) is 2.61. The molecule has 2 aromatic carbocycles. The Morgan fingerprint density at radius 2 is 1.81 bits per heavy atom. The molecule has 0 bridgehead atoms. The standard InChI is InChI=1S/C21H20O5/c1-4-24-19(22)12-25-16-9-10-17-18(11-16)26-14(3)20(21(17)23)15-7-5-13(2)6-8-15/h5-11H,4,12H2,1-3H3. The van der Waals surface area contributed by atoms with Crippen LogP contribution in [0.2, 0.25) is 0 Å². The average molecular weight is 352 g/mol. The summed E-state index contributed by atoms with van der Waals surface area (Å²) in [6.45, 7) is 5.61. The van der Waals surface area contributed by atoms with E-state index in [0.29, 0.717) is 34.6 Å². The highest BCUT2D eigenvalue weighted by Crippen LogP contribution is 2.26. The summed E-state index contributed by atoms with van der Waals surface area (Å²) in [6, 6.07) is 12.7. The van der Waals surface area contributed by atoms with Gasteiger partial charge >= 0.3 is 5.97 Å². The van der Waals surface area contributed by atoms with E-state index in [0.717, 1.165) is 11.1 Å². The fourth-order valence-corrected chi connectivity index (χ4v) is 2.77. The molecule has 0 fully saturated rings. The first-order chi connectivity index (χ1) is 12.5. The Hall–Kier alpha value is -3.08. The van der Waals surface area contributed by atoms with Gasteiger partial charge in [-0.05, 0) is 38.5 Å². The number of ether oxygens (including phenoxy) is 2. The lowest BCUT2D eigenvalue weighted by Gasteiger charge is -2.09. The van der Waals surface area contributed by atoms with Gasteiger partial charge in [0.25, 0.3) is 0 Å². The zero-order valence-corrected chi connectivity index (χ0v) is 15.0. The summed E-state index contributed by atoms with van der Waals surface area (Å²) >= 11 is 0. The molecule has 3 aromatic rings. The highest BCUT2D eigenvalue weighted by Gasteiger charge is 2.14. The molecule has 0 unspecified atom stereocenters. The Labute approximate surface area is 151 Å². The Balaban J connectivity index is 1.97. The lowest BCUT2D eigenvalue weighted by atomic mass is 10.0. The zero-order valence-electron chi connectivity index (χ0n) is 15.0. The normalized spacial score (nSPS) is 10.7. The Morgan fingerprint density at radius 3 is 2.50 bits per heavy atom. The summed E-state index contributed by atoms with van der Waals surface area (Å²) in [5.41, 5.74) is 2.83. The fourth-order valence-electron chi connectivity index (χ4n) is 2.77. The van der Waals surface area contributed by atoms with E-state index in [9.17, 15) is 9.59 Å². The second-order valence-electron chi connectivity index (χ2n) is 5.98. The molecule has 0 radical (unpaired) electrons. The second-order valence-corrected chi connectivity index (χ2v) is 5.98. The molecule has 5 nitrogen and oxygen atoms in total. The molecule has 5 heteroatoms. The number of fused-ring (bicyclic) bond motifs is 1. The molecular weight excluding hydrogens is 332 g/mol. The van der Waals surface area contributed by atoms with Crippen LogP contribution in [0.5, 0.6) is 5.75 Å². The molecule has 0 amide bonds. The van der Waals surface area contributed by atoms with Crippen molar-refractivity contribution in [3.63, 3.8) is 0 Å². The van der Waals surface area contributed by atoms with Crippen molar-refractivity contribution in [2.24, 2.45) is 0 Å². The number of esters is 1. The number of aryl methyl sites for hydroxylation is 2. The van der Waals surface area contributed by atoms with Crippen molar-refractivity contribution in [3.05, 3.63) is 64.0 Å². The van der Waals surface area contributed by atoms with Crippen molar-refractivity contribution < 1.29 is 18.7 Å².